The lowest BCUT2D eigenvalue weighted by molar-refractivity contribution is 0.628. The standard InChI is InChI=1S/C26H19ClFN5S/c1-18(19-8-12-22(13-9-19)32-15-14-29-17-32)31-33-25(20-6-10-21(27)11-7-20)16-34-26(33)30-24-5-3-2-4-23(24)28/h2-17H,1H3/b30-26?,31-18-. The van der Waals surface area contributed by atoms with Crippen LogP contribution in [-0.2, 0) is 0 Å². The maximum absolute atomic E-state index is 14.3. The van der Waals surface area contributed by atoms with Crippen LogP contribution in [0.15, 0.2) is 107 Å². The number of para-hydroxylation sites is 1. The second-order valence-electron chi connectivity index (χ2n) is 7.49. The van der Waals surface area contributed by atoms with Crippen molar-refractivity contribution in [3.63, 3.8) is 0 Å². The van der Waals surface area contributed by atoms with Crippen LogP contribution in [0.5, 0.6) is 0 Å². The van der Waals surface area contributed by atoms with Gasteiger partial charge in [-0.05, 0) is 48.9 Å². The Morgan fingerprint density at radius 1 is 1.00 bits per heavy atom. The van der Waals surface area contributed by atoms with E-state index in [0.29, 0.717) is 9.82 Å². The predicted molar refractivity (Wildman–Crippen MR) is 136 cm³/mol. The zero-order valence-corrected chi connectivity index (χ0v) is 19.7. The maximum atomic E-state index is 14.3. The fourth-order valence-corrected chi connectivity index (χ4v) is 4.40. The summed E-state index contributed by atoms with van der Waals surface area (Å²) in [7, 11) is 0. The van der Waals surface area contributed by atoms with Gasteiger partial charge in [0.05, 0.1) is 17.7 Å². The van der Waals surface area contributed by atoms with Crippen molar-refractivity contribution in [2.75, 3.05) is 0 Å². The molecule has 0 atom stereocenters. The molecule has 168 valence electrons. The van der Waals surface area contributed by atoms with Gasteiger partial charge >= 0.3 is 0 Å². The Labute approximate surface area is 204 Å². The van der Waals surface area contributed by atoms with Gasteiger partial charge in [-0.1, -0.05) is 48.0 Å². The molecule has 2 heterocycles. The number of halogens is 2. The quantitative estimate of drug-likeness (QED) is 0.254. The molecule has 5 nitrogen and oxygen atoms in total. The molecule has 0 spiro atoms. The van der Waals surface area contributed by atoms with Gasteiger partial charge in [0, 0.05) is 34.0 Å². The molecular weight excluding hydrogens is 469 g/mol. The lowest BCUT2D eigenvalue weighted by atomic mass is 10.1. The molecular formula is C26H19ClFN5S. The van der Waals surface area contributed by atoms with Crippen molar-refractivity contribution >= 4 is 34.3 Å². The van der Waals surface area contributed by atoms with Crippen LogP contribution in [0.1, 0.15) is 12.5 Å². The predicted octanol–water partition coefficient (Wildman–Crippen LogP) is 6.70. The first-order valence-corrected chi connectivity index (χ1v) is 11.7. The third kappa shape index (κ3) is 4.62. The van der Waals surface area contributed by atoms with Crippen LogP contribution in [-0.4, -0.2) is 19.9 Å². The summed E-state index contributed by atoms with van der Waals surface area (Å²) in [6.07, 6.45) is 5.39. The molecule has 0 amide bonds. The van der Waals surface area contributed by atoms with Crippen LogP contribution in [0.25, 0.3) is 16.9 Å². The molecule has 2 aromatic heterocycles. The van der Waals surface area contributed by atoms with Crippen molar-refractivity contribution in [3.8, 4) is 16.9 Å². The second kappa shape index (κ2) is 9.59. The van der Waals surface area contributed by atoms with E-state index in [-0.39, 0.29) is 11.5 Å². The third-order valence-electron chi connectivity index (χ3n) is 5.23. The molecule has 0 aliphatic heterocycles. The van der Waals surface area contributed by atoms with Crippen LogP contribution in [0.2, 0.25) is 5.02 Å². The molecule has 0 N–H and O–H groups in total. The van der Waals surface area contributed by atoms with Crippen molar-refractivity contribution in [2.24, 2.45) is 10.1 Å². The van der Waals surface area contributed by atoms with E-state index in [1.807, 2.05) is 71.6 Å². The SMILES string of the molecule is C/C(=N/n1c(-c2ccc(Cl)cc2)csc1=Nc1ccccc1F)c1ccc(-n2ccnc2)cc1. The Morgan fingerprint density at radius 2 is 1.76 bits per heavy atom. The summed E-state index contributed by atoms with van der Waals surface area (Å²) in [5.41, 5.74) is 4.80. The van der Waals surface area contributed by atoms with Gasteiger partial charge < -0.3 is 4.57 Å². The summed E-state index contributed by atoms with van der Waals surface area (Å²) < 4.78 is 18.0. The van der Waals surface area contributed by atoms with E-state index in [4.69, 9.17) is 16.7 Å². The van der Waals surface area contributed by atoms with E-state index in [0.717, 1.165) is 28.2 Å². The van der Waals surface area contributed by atoms with Gasteiger partial charge in [0.2, 0.25) is 4.80 Å². The number of benzene rings is 3. The smallest absolute Gasteiger partial charge is 0.211 e. The molecule has 5 rings (SSSR count). The van der Waals surface area contributed by atoms with E-state index < -0.39 is 0 Å². The Balaban J connectivity index is 1.61. The molecule has 0 saturated carbocycles. The average molecular weight is 488 g/mol. The van der Waals surface area contributed by atoms with Gasteiger partial charge in [-0.15, -0.1) is 11.3 Å². The monoisotopic (exact) mass is 487 g/mol. The minimum Gasteiger partial charge on any atom is -0.306 e. The van der Waals surface area contributed by atoms with Gasteiger partial charge in [0.1, 0.15) is 11.5 Å². The lowest BCUT2D eigenvalue weighted by Crippen LogP contribution is -2.14. The Kier molecular flexibility index (Phi) is 6.20. The normalized spacial score (nSPS) is 12.3. The van der Waals surface area contributed by atoms with Gasteiger partial charge in [-0.25, -0.2) is 19.0 Å². The van der Waals surface area contributed by atoms with E-state index >= 15 is 0 Å². The maximum Gasteiger partial charge on any atom is 0.211 e. The van der Waals surface area contributed by atoms with Crippen molar-refractivity contribution in [1.82, 2.24) is 14.2 Å². The van der Waals surface area contributed by atoms with Crippen molar-refractivity contribution in [2.45, 2.75) is 6.92 Å². The second-order valence-corrected chi connectivity index (χ2v) is 8.76. The van der Waals surface area contributed by atoms with Crippen LogP contribution < -0.4 is 4.80 Å². The van der Waals surface area contributed by atoms with Gasteiger partial charge in [-0.3, -0.25) is 0 Å². The number of thiazole rings is 1. The molecule has 0 bridgehead atoms. The summed E-state index contributed by atoms with van der Waals surface area (Å²) in [6.45, 7) is 1.94. The third-order valence-corrected chi connectivity index (χ3v) is 6.30. The van der Waals surface area contributed by atoms with E-state index in [1.54, 1.807) is 35.4 Å². The number of imidazole rings is 1. The van der Waals surface area contributed by atoms with Crippen molar-refractivity contribution in [1.29, 1.82) is 0 Å². The molecule has 3 aromatic carbocycles. The first-order chi connectivity index (χ1) is 16.6. The first-order valence-electron chi connectivity index (χ1n) is 10.5. The Morgan fingerprint density at radius 3 is 2.47 bits per heavy atom. The Bertz CT molecular complexity index is 1510. The number of aromatic nitrogens is 3. The molecule has 34 heavy (non-hydrogen) atoms. The van der Waals surface area contributed by atoms with Gasteiger partial charge in [0.15, 0.2) is 0 Å². The highest BCUT2D eigenvalue weighted by atomic mass is 35.5. The van der Waals surface area contributed by atoms with E-state index in [9.17, 15) is 4.39 Å². The Hall–Kier alpha value is -3.81. The van der Waals surface area contributed by atoms with Crippen molar-refractivity contribution < 1.29 is 4.39 Å². The van der Waals surface area contributed by atoms with Gasteiger partial charge in [-0.2, -0.15) is 5.10 Å². The molecule has 0 saturated heterocycles. The van der Waals surface area contributed by atoms with Crippen LogP contribution in [0, 0.1) is 5.82 Å². The molecule has 0 unspecified atom stereocenters. The first kappa shape index (κ1) is 22.0. The molecule has 0 aliphatic rings. The van der Waals surface area contributed by atoms with Crippen LogP contribution in [0.3, 0.4) is 0 Å². The number of rotatable bonds is 5. The minimum atomic E-state index is -0.383. The number of hydrogen-bond donors (Lipinski definition) is 0. The van der Waals surface area contributed by atoms with E-state index in [1.165, 1.54) is 17.4 Å². The summed E-state index contributed by atoms with van der Waals surface area (Å²) in [6, 6.07) is 22.0. The summed E-state index contributed by atoms with van der Waals surface area (Å²) >= 11 is 7.48. The highest BCUT2D eigenvalue weighted by molar-refractivity contribution is 7.07. The van der Waals surface area contributed by atoms with Crippen LogP contribution in [0.4, 0.5) is 10.1 Å². The largest absolute Gasteiger partial charge is 0.306 e. The summed E-state index contributed by atoms with van der Waals surface area (Å²) in [4.78, 5) is 9.21. The van der Waals surface area contributed by atoms with Crippen LogP contribution >= 0.6 is 22.9 Å². The average Bonchev–Trinajstić information content (AvgIpc) is 3.52. The molecule has 0 radical (unpaired) electrons. The van der Waals surface area contributed by atoms with E-state index in [2.05, 4.69) is 9.98 Å². The zero-order valence-electron chi connectivity index (χ0n) is 18.1. The molecule has 8 heteroatoms. The fourth-order valence-electron chi connectivity index (χ4n) is 3.43. The van der Waals surface area contributed by atoms with Crippen molar-refractivity contribution in [3.05, 3.63) is 118 Å². The topological polar surface area (TPSA) is 47.5 Å². The fraction of sp³-hybridized carbons (Fsp3) is 0.0385. The summed E-state index contributed by atoms with van der Waals surface area (Å²) in [5.74, 6) is -0.383. The molecule has 0 aliphatic carbocycles. The highest BCUT2D eigenvalue weighted by Crippen LogP contribution is 2.24. The zero-order chi connectivity index (χ0) is 23.5. The molecule has 5 aromatic rings. The number of nitrogens with zero attached hydrogens (tertiary/aromatic N) is 5. The number of hydrogen-bond acceptors (Lipinski definition) is 4. The lowest BCUT2D eigenvalue weighted by Gasteiger charge is -2.08. The summed E-state index contributed by atoms with van der Waals surface area (Å²) in [5, 5.41) is 7.49. The van der Waals surface area contributed by atoms with Gasteiger partial charge in [0.25, 0.3) is 0 Å². The molecule has 0 fully saturated rings. The highest BCUT2D eigenvalue weighted by Gasteiger charge is 2.10. The minimum absolute atomic E-state index is 0.262.